The van der Waals surface area contributed by atoms with Gasteiger partial charge in [0.05, 0.1) is 16.9 Å². The predicted molar refractivity (Wildman–Crippen MR) is 67.7 cm³/mol. The molecule has 0 heterocycles. The van der Waals surface area contributed by atoms with Crippen LogP contribution >= 0.6 is 24.3 Å². The average Bonchev–Trinajstić information content (AvgIpc) is 2.34. The van der Waals surface area contributed by atoms with Crippen LogP contribution in [0.25, 0.3) is 0 Å². The van der Waals surface area contributed by atoms with Gasteiger partial charge >= 0.3 is 59.1 Å². The molecule has 21 heavy (non-hydrogen) atoms. The molecule has 1 aromatic carbocycles. The summed E-state index contributed by atoms with van der Waals surface area (Å²) < 4.78 is 37.0. The maximum absolute atomic E-state index is 11.0. The Balaban J connectivity index is 0. The number of benzene rings is 1. The minimum Gasteiger partial charge on any atom is -0.744 e. The second-order valence-corrected chi connectivity index (χ2v) is 5.63. The first-order chi connectivity index (χ1) is 8.86. The molecule has 0 amide bonds. The molecule has 8 nitrogen and oxygen atoms in total. The Morgan fingerprint density at radius 1 is 1.33 bits per heavy atom. The molecule has 0 radical (unpaired) electrons. The fourth-order valence-corrected chi connectivity index (χ4v) is 2.27. The van der Waals surface area contributed by atoms with Gasteiger partial charge < -0.3 is 20.4 Å². The van der Waals surface area contributed by atoms with Crippen molar-refractivity contribution in [3.8, 4) is 0 Å². The van der Waals surface area contributed by atoms with Crippen molar-refractivity contribution in [3.63, 3.8) is 0 Å². The summed E-state index contributed by atoms with van der Waals surface area (Å²) in [6, 6.07) is 3.57. The van der Waals surface area contributed by atoms with Crippen molar-refractivity contribution >= 4 is 45.2 Å². The van der Waals surface area contributed by atoms with Crippen LogP contribution in [0.5, 0.6) is 0 Å². The maximum Gasteiger partial charge on any atom is 1.00 e. The molecule has 1 aromatic rings. The summed E-state index contributed by atoms with van der Waals surface area (Å²) in [5, 5.41) is 18.3. The van der Waals surface area contributed by atoms with Gasteiger partial charge in [-0.2, -0.15) is 4.33 Å². The molecule has 0 bridgehead atoms. The first kappa shape index (κ1) is 24.3. The van der Waals surface area contributed by atoms with Crippen molar-refractivity contribution in [2.75, 3.05) is 12.4 Å². The van der Waals surface area contributed by atoms with Gasteiger partial charge in [0.15, 0.2) is 5.11 Å². The van der Waals surface area contributed by atoms with Gasteiger partial charge in [-0.1, -0.05) is 0 Å². The van der Waals surface area contributed by atoms with Crippen LogP contribution in [0.1, 0.15) is 0 Å². The summed E-state index contributed by atoms with van der Waals surface area (Å²) in [5.41, 5.74) is 0.244. The average molecular weight is 370 g/mol. The van der Waals surface area contributed by atoms with Gasteiger partial charge in [0.1, 0.15) is 10.1 Å². The Labute approximate surface area is 175 Å². The summed E-state index contributed by atoms with van der Waals surface area (Å²) in [4.78, 5) is -0.317. The Hall–Kier alpha value is 1.05. The minimum atomic E-state index is -4.66. The number of hydrogen-bond acceptors (Lipinski definition) is 8. The van der Waals surface area contributed by atoms with Crippen LogP contribution in [0, 0.1) is 0 Å². The van der Waals surface area contributed by atoms with Crippen LogP contribution in [-0.2, 0) is 19.5 Å². The largest absolute Gasteiger partial charge is 1.00 e. The SMILES string of the molecule is CNC(=S)Nc1cc(SOO[O-])cc(S(=O)(=O)[O-])c1.[Na+].[Na+]. The third kappa shape index (κ3) is 9.05. The monoisotopic (exact) mass is 370 g/mol. The molecule has 0 spiro atoms. The molecule has 13 heteroatoms. The number of thiocarbonyl (C=S) groups is 1. The molecule has 0 saturated heterocycles. The van der Waals surface area contributed by atoms with Crippen LogP contribution < -0.4 is 75.0 Å². The normalized spacial score (nSPS) is 10.0. The predicted octanol–water partition coefficient (Wildman–Crippen LogP) is -6.25. The van der Waals surface area contributed by atoms with E-state index in [1.807, 2.05) is 0 Å². The first-order valence-corrected chi connectivity index (χ1v) is 7.15. The Morgan fingerprint density at radius 3 is 2.43 bits per heavy atom. The van der Waals surface area contributed by atoms with Crippen LogP contribution in [0.4, 0.5) is 5.69 Å². The standard InChI is InChI=1S/C8H10N2O6S3.2Na/c1-9-8(17)10-5-2-6(18-16-15-11)4-7(3-5)19(12,13)14;;/h2-4,11H,1H3,(H2,9,10,17)(H,12,13,14);;/q;2*+1/p-2. The van der Waals surface area contributed by atoms with E-state index in [1.165, 1.54) is 6.07 Å². The molecular weight excluding hydrogens is 362 g/mol. The van der Waals surface area contributed by atoms with Crippen molar-refractivity contribution in [1.29, 1.82) is 0 Å². The molecule has 0 saturated carbocycles. The number of hydrogen-bond donors (Lipinski definition) is 2. The van der Waals surface area contributed by atoms with Gasteiger partial charge in [-0.05, 0) is 30.4 Å². The zero-order chi connectivity index (χ0) is 14.5. The van der Waals surface area contributed by atoms with Gasteiger partial charge in [0.25, 0.3) is 0 Å². The van der Waals surface area contributed by atoms with E-state index in [-0.39, 0.29) is 74.8 Å². The molecule has 106 valence electrons. The van der Waals surface area contributed by atoms with Crippen LogP contribution in [0.3, 0.4) is 0 Å². The van der Waals surface area contributed by atoms with Gasteiger partial charge in [-0.15, -0.1) is 0 Å². The van der Waals surface area contributed by atoms with E-state index in [4.69, 9.17) is 12.2 Å². The summed E-state index contributed by atoms with van der Waals surface area (Å²) in [6.07, 6.45) is 0. The van der Waals surface area contributed by atoms with E-state index in [9.17, 15) is 18.2 Å². The van der Waals surface area contributed by atoms with Crippen molar-refractivity contribution in [2.45, 2.75) is 9.79 Å². The Kier molecular flexibility index (Phi) is 13.4. The van der Waals surface area contributed by atoms with Crippen molar-refractivity contribution in [2.24, 2.45) is 0 Å². The van der Waals surface area contributed by atoms with Crippen molar-refractivity contribution in [1.82, 2.24) is 5.32 Å². The molecule has 0 atom stereocenters. The van der Waals surface area contributed by atoms with Crippen LogP contribution in [0.15, 0.2) is 28.0 Å². The van der Waals surface area contributed by atoms with Crippen LogP contribution in [0.2, 0.25) is 0 Å². The van der Waals surface area contributed by atoms with Crippen molar-refractivity contribution in [3.05, 3.63) is 18.2 Å². The zero-order valence-corrected chi connectivity index (χ0v) is 17.9. The molecule has 2 N–H and O–H groups in total. The second kappa shape index (κ2) is 11.6. The molecule has 0 aliphatic rings. The molecule has 0 fully saturated rings. The molecule has 0 aromatic heterocycles. The molecule has 0 aliphatic carbocycles. The molecule has 0 unspecified atom stereocenters. The Bertz CT molecular complexity index is 571. The molecular formula is C8H8N2Na2O6S3. The van der Waals surface area contributed by atoms with E-state index in [1.54, 1.807) is 7.05 Å². The number of anilines is 1. The topological polar surface area (TPSA) is 123 Å². The van der Waals surface area contributed by atoms with Crippen LogP contribution in [-0.4, -0.2) is 25.1 Å². The van der Waals surface area contributed by atoms with E-state index >= 15 is 0 Å². The van der Waals surface area contributed by atoms with E-state index in [2.05, 4.69) is 20.0 Å². The van der Waals surface area contributed by atoms with E-state index < -0.39 is 15.0 Å². The fraction of sp³-hybridized carbons (Fsp3) is 0.125. The summed E-state index contributed by atoms with van der Waals surface area (Å²) >= 11 is 5.30. The smallest absolute Gasteiger partial charge is 0.744 e. The maximum atomic E-state index is 11.0. The van der Waals surface area contributed by atoms with E-state index in [0.717, 1.165) is 12.1 Å². The third-order valence-electron chi connectivity index (χ3n) is 1.81. The fourth-order valence-electron chi connectivity index (χ4n) is 1.08. The number of nitrogens with one attached hydrogen (secondary N) is 2. The van der Waals surface area contributed by atoms with Gasteiger partial charge in [-0.3, -0.25) is 5.04 Å². The first-order valence-electron chi connectivity index (χ1n) is 4.59. The van der Waals surface area contributed by atoms with E-state index in [0.29, 0.717) is 12.0 Å². The summed E-state index contributed by atoms with van der Waals surface area (Å²) in [7, 11) is -3.09. The van der Waals surface area contributed by atoms with Gasteiger partial charge in [-0.25, -0.2) is 8.42 Å². The summed E-state index contributed by atoms with van der Waals surface area (Å²) in [6.45, 7) is 0. The van der Waals surface area contributed by atoms with Gasteiger partial charge in [0, 0.05) is 17.6 Å². The molecule has 0 aliphatic heterocycles. The number of rotatable bonds is 5. The second-order valence-electron chi connectivity index (χ2n) is 3.07. The summed E-state index contributed by atoms with van der Waals surface area (Å²) in [5.74, 6) is 0. The minimum absolute atomic E-state index is 0. The van der Waals surface area contributed by atoms with Gasteiger partial charge in [0.2, 0.25) is 0 Å². The Morgan fingerprint density at radius 2 is 1.95 bits per heavy atom. The molecule has 1 rings (SSSR count). The zero-order valence-electron chi connectivity index (χ0n) is 11.4. The quantitative estimate of drug-likeness (QED) is 0.129. The van der Waals surface area contributed by atoms with Crippen molar-refractivity contribution < 1.29 is 86.7 Å². The third-order valence-corrected chi connectivity index (χ3v) is 3.48.